The second kappa shape index (κ2) is 11.3. The lowest BCUT2D eigenvalue weighted by Crippen LogP contribution is -2.25. The van der Waals surface area contributed by atoms with Gasteiger partial charge >= 0.3 is 0 Å². The van der Waals surface area contributed by atoms with Crippen molar-refractivity contribution in [2.75, 3.05) is 6.54 Å². The molecular formula is C29H30N2O2. The number of amides is 1. The Bertz CT molecular complexity index is 1150. The number of furan rings is 1. The highest BCUT2D eigenvalue weighted by atomic mass is 16.4. The lowest BCUT2D eigenvalue weighted by Gasteiger charge is -2.22. The maximum atomic E-state index is 12.5. The van der Waals surface area contributed by atoms with Crippen molar-refractivity contribution in [1.29, 1.82) is 0 Å². The average molecular weight is 439 g/mol. The summed E-state index contributed by atoms with van der Waals surface area (Å²) in [6.45, 7) is 4.95. The van der Waals surface area contributed by atoms with Crippen LogP contribution in [0.3, 0.4) is 0 Å². The molecule has 4 aromatic rings. The monoisotopic (exact) mass is 438 g/mol. The molecule has 0 aliphatic carbocycles. The number of nitrogens with zero attached hydrogens (tertiary/aromatic N) is 1. The topological polar surface area (TPSA) is 45.5 Å². The molecule has 1 amide bonds. The van der Waals surface area contributed by atoms with E-state index in [9.17, 15) is 4.79 Å². The zero-order chi connectivity index (χ0) is 22.9. The summed E-state index contributed by atoms with van der Waals surface area (Å²) in [6, 6.07) is 32.7. The highest BCUT2D eigenvalue weighted by Gasteiger charge is 2.15. The van der Waals surface area contributed by atoms with Crippen molar-refractivity contribution in [3.63, 3.8) is 0 Å². The first-order valence-electron chi connectivity index (χ1n) is 11.4. The van der Waals surface area contributed by atoms with E-state index in [1.54, 1.807) is 6.07 Å². The van der Waals surface area contributed by atoms with Gasteiger partial charge < -0.3 is 9.73 Å². The lowest BCUT2D eigenvalue weighted by atomic mass is 10.1. The Hall–Kier alpha value is -3.63. The molecule has 0 bridgehead atoms. The second-order valence-corrected chi connectivity index (χ2v) is 8.31. The standard InChI is InChI=1S/C29H30N2O2/c1-23-10-8-9-15-26(23)21-31(20-25-13-6-3-7-14-25)22-27-16-17-28(33-27)29(32)30-19-18-24-11-4-2-5-12-24/h2-17H,18-22H2,1H3,(H,30,32). The quantitative estimate of drug-likeness (QED) is 0.342. The summed E-state index contributed by atoms with van der Waals surface area (Å²) in [5.74, 6) is 0.965. The van der Waals surface area contributed by atoms with Crippen LogP contribution in [-0.4, -0.2) is 17.4 Å². The number of nitrogens with one attached hydrogen (secondary N) is 1. The molecule has 0 aliphatic rings. The zero-order valence-corrected chi connectivity index (χ0v) is 19.0. The third-order valence-electron chi connectivity index (χ3n) is 5.71. The fourth-order valence-corrected chi connectivity index (χ4v) is 3.90. The minimum atomic E-state index is -0.175. The molecule has 0 saturated carbocycles. The molecule has 0 saturated heterocycles. The van der Waals surface area contributed by atoms with Gasteiger partial charge in [-0.2, -0.15) is 0 Å². The maximum absolute atomic E-state index is 12.5. The third kappa shape index (κ3) is 6.67. The van der Waals surface area contributed by atoms with E-state index < -0.39 is 0 Å². The molecule has 1 aromatic heterocycles. The molecule has 1 N–H and O–H groups in total. The molecule has 4 heteroatoms. The van der Waals surface area contributed by atoms with Crippen LogP contribution >= 0.6 is 0 Å². The Balaban J connectivity index is 1.39. The number of carbonyl (C=O) groups excluding carboxylic acids is 1. The summed E-state index contributed by atoms with van der Waals surface area (Å²) in [4.78, 5) is 14.9. The van der Waals surface area contributed by atoms with E-state index in [1.807, 2.05) is 30.3 Å². The molecular weight excluding hydrogens is 408 g/mol. The van der Waals surface area contributed by atoms with Gasteiger partial charge in [0, 0.05) is 19.6 Å². The largest absolute Gasteiger partial charge is 0.455 e. The van der Waals surface area contributed by atoms with E-state index in [0.717, 1.165) is 25.3 Å². The van der Waals surface area contributed by atoms with Crippen molar-refractivity contribution < 1.29 is 9.21 Å². The first-order valence-corrected chi connectivity index (χ1v) is 11.4. The summed E-state index contributed by atoms with van der Waals surface area (Å²) >= 11 is 0. The van der Waals surface area contributed by atoms with Crippen molar-refractivity contribution in [2.24, 2.45) is 0 Å². The van der Waals surface area contributed by atoms with Crippen molar-refractivity contribution in [1.82, 2.24) is 10.2 Å². The van der Waals surface area contributed by atoms with E-state index in [-0.39, 0.29) is 5.91 Å². The van der Waals surface area contributed by atoms with Crippen molar-refractivity contribution in [3.05, 3.63) is 131 Å². The van der Waals surface area contributed by atoms with Crippen LogP contribution in [0.25, 0.3) is 0 Å². The fraction of sp³-hybridized carbons (Fsp3) is 0.207. The minimum absolute atomic E-state index is 0.175. The van der Waals surface area contributed by atoms with E-state index in [4.69, 9.17) is 4.42 Å². The van der Waals surface area contributed by atoms with E-state index in [2.05, 4.69) is 77.8 Å². The molecule has 0 radical (unpaired) electrons. The lowest BCUT2D eigenvalue weighted by molar-refractivity contribution is 0.0922. The number of rotatable bonds is 10. The number of carbonyl (C=O) groups is 1. The summed E-state index contributed by atoms with van der Waals surface area (Å²) in [6.07, 6.45) is 0.793. The van der Waals surface area contributed by atoms with Crippen LogP contribution in [0.5, 0.6) is 0 Å². The Morgan fingerprint density at radius 1 is 0.758 bits per heavy atom. The third-order valence-corrected chi connectivity index (χ3v) is 5.71. The highest BCUT2D eigenvalue weighted by Crippen LogP contribution is 2.18. The second-order valence-electron chi connectivity index (χ2n) is 8.31. The van der Waals surface area contributed by atoms with Crippen LogP contribution in [0, 0.1) is 6.92 Å². The Kier molecular flexibility index (Phi) is 7.72. The van der Waals surface area contributed by atoms with E-state index >= 15 is 0 Å². The Morgan fingerprint density at radius 3 is 2.15 bits per heavy atom. The summed E-state index contributed by atoms with van der Waals surface area (Å²) in [7, 11) is 0. The first-order chi connectivity index (χ1) is 16.2. The molecule has 168 valence electrons. The highest BCUT2D eigenvalue weighted by molar-refractivity contribution is 5.91. The van der Waals surface area contributed by atoms with E-state index in [0.29, 0.717) is 18.8 Å². The molecule has 4 nitrogen and oxygen atoms in total. The van der Waals surface area contributed by atoms with Crippen LogP contribution in [-0.2, 0) is 26.1 Å². The van der Waals surface area contributed by atoms with Gasteiger partial charge in [-0.05, 0) is 47.7 Å². The van der Waals surface area contributed by atoms with Gasteiger partial charge in [-0.25, -0.2) is 0 Å². The SMILES string of the molecule is Cc1ccccc1CN(Cc1ccccc1)Cc1ccc(C(=O)NCCc2ccccc2)o1. The van der Waals surface area contributed by atoms with Gasteiger partial charge in [0.1, 0.15) is 5.76 Å². The number of benzene rings is 3. The molecule has 33 heavy (non-hydrogen) atoms. The van der Waals surface area contributed by atoms with Gasteiger partial charge in [-0.15, -0.1) is 0 Å². The van der Waals surface area contributed by atoms with Crippen LogP contribution in [0.1, 0.15) is 38.6 Å². The summed E-state index contributed by atoms with van der Waals surface area (Å²) < 4.78 is 5.93. The van der Waals surface area contributed by atoms with Gasteiger partial charge in [0.2, 0.25) is 0 Å². The average Bonchev–Trinajstić information content (AvgIpc) is 3.30. The number of hydrogen-bond donors (Lipinski definition) is 1. The van der Waals surface area contributed by atoms with Crippen molar-refractivity contribution >= 4 is 5.91 Å². The van der Waals surface area contributed by atoms with Gasteiger partial charge in [0.15, 0.2) is 5.76 Å². The van der Waals surface area contributed by atoms with Gasteiger partial charge in [-0.1, -0.05) is 84.9 Å². The zero-order valence-electron chi connectivity index (χ0n) is 19.0. The van der Waals surface area contributed by atoms with Gasteiger partial charge in [0.05, 0.1) is 6.54 Å². The molecule has 4 rings (SSSR count). The number of hydrogen-bond acceptors (Lipinski definition) is 3. The Morgan fingerprint density at radius 2 is 1.42 bits per heavy atom. The van der Waals surface area contributed by atoms with Crippen molar-refractivity contribution in [2.45, 2.75) is 33.0 Å². The molecule has 0 fully saturated rings. The normalized spacial score (nSPS) is 11.0. The summed E-state index contributed by atoms with van der Waals surface area (Å²) in [5, 5.41) is 2.95. The predicted molar refractivity (Wildman–Crippen MR) is 132 cm³/mol. The molecule has 0 spiro atoms. The molecule has 1 heterocycles. The summed E-state index contributed by atoms with van der Waals surface area (Å²) in [5.41, 5.74) is 5.01. The molecule has 3 aromatic carbocycles. The predicted octanol–water partition coefficient (Wildman–Crippen LogP) is 5.76. The van der Waals surface area contributed by atoms with Crippen LogP contribution in [0.2, 0.25) is 0 Å². The molecule has 0 aliphatic heterocycles. The fourth-order valence-electron chi connectivity index (χ4n) is 3.90. The smallest absolute Gasteiger partial charge is 0.287 e. The van der Waals surface area contributed by atoms with Crippen molar-refractivity contribution in [3.8, 4) is 0 Å². The molecule has 0 atom stereocenters. The van der Waals surface area contributed by atoms with Crippen LogP contribution in [0.4, 0.5) is 0 Å². The van der Waals surface area contributed by atoms with Crippen LogP contribution < -0.4 is 5.32 Å². The Labute approximate surface area is 195 Å². The number of aryl methyl sites for hydroxylation is 1. The molecule has 0 unspecified atom stereocenters. The minimum Gasteiger partial charge on any atom is -0.455 e. The first kappa shape index (κ1) is 22.6. The van der Waals surface area contributed by atoms with Gasteiger partial charge in [-0.3, -0.25) is 9.69 Å². The maximum Gasteiger partial charge on any atom is 0.287 e. The van der Waals surface area contributed by atoms with E-state index in [1.165, 1.54) is 22.3 Å². The van der Waals surface area contributed by atoms with Gasteiger partial charge in [0.25, 0.3) is 5.91 Å². The van der Waals surface area contributed by atoms with Crippen LogP contribution in [0.15, 0.2) is 101 Å².